The molecule has 0 aliphatic rings. The van der Waals surface area contributed by atoms with Gasteiger partial charge in [-0.2, -0.15) is 0 Å². The molecule has 182 valence electrons. The number of nitrogen functional groups attached to an aromatic ring is 2. The predicted octanol–water partition coefficient (Wildman–Crippen LogP) is 3.79. The average molecular weight is 469 g/mol. The number of H-pyrrole nitrogens is 1. The maximum atomic E-state index is 12.3. The Labute approximate surface area is 198 Å². The summed E-state index contributed by atoms with van der Waals surface area (Å²) in [5.41, 5.74) is 19.9. The van der Waals surface area contributed by atoms with E-state index in [1.54, 1.807) is 36.5 Å². The number of aromatic amines is 1. The van der Waals surface area contributed by atoms with Gasteiger partial charge in [0.2, 0.25) is 0 Å². The molecule has 1 unspecified atom stereocenters. The first-order valence-corrected chi connectivity index (χ1v) is 11.1. The molecule has 0 spiro atoms. The summed E-state index contributed by atoms with van der Waals surface area (Å²) in [5, 5.41) is 2.67. The molecule has 2 aromatic carbocycles. The van der Waals surface area contributed by atoms with E-state index in [2.05, 4.69) is 15.3 Å². The molecular formula is C24H32N6O4. The molecule has 0 saturated heterocycles. The van der Waals surface area contributed by atoms with Gasteiger partial charge in [0, 0.05) is 23.6 Å². The molecule has 8 N–H and O–H groups in total. The van der Waals surface area contributed by atoms with Crippen molar-refractivity contribution in [2.24, 2.45) is 5.73 Å². The minimum atomic E-state index is -0.608. The Morgan fingerprint density at radius 3 is 2.47 bits per heavy atom. The summed E-state index contributed by atoms with van der Waals surface area (Å²) in [6, 6.07) is 12.2. The molecule has 1 aromatic heterocycles. The van der Waals surface area contributed by atoms with Crippen LogP contribution in [0.5, 0.6) is 11.5 Å². The maximum Gasteiger partial charge on any atom is 0.417 e. The quantitative estimate of drug-likeness (QED) is 0.209. The number of anilines is 3. The fraction of sp³-hybridized carbons (Fsp3) is 0.333. The molecule has 0 saturated carbocycles. The number of nitrogens with two attached hydrogens (primary N) is 3. The summed E-state index contributed by atoms with van der Waals surface area (Å²) in [7, 11) is 0. The van der Waals surface area contributed by atoms with Gasteiger partial charge in [-0.15, -0.1) is 0 Å². The fourth-order valence-electron chi connectivity index (χ4n) is 3.22. The van der Waals surface area contributed by atoms with E-state index in [0.717, 1.165) is 5.56 Å². The lowest BCUT2D eigenvalue weighted by molar-refractivity contribution is 0.0270. The first kappa shape index (κ1) is 24.9. The van der Waals surface area contributed by atoms with Crippen LogP contribution < -0.4 is 32.0 Å². The molecule has 1 atom stereocenters. The van der Waals surface area contributed by atoms with Crippen LogP contribution in [0.15, 0.2) is 48.7 Å². The van der Waals surface area contributed by atoms with Crippen molar-refractivity contribution in [3.63, 3.8) is 0 Å². The summed E-state index contributed by atoms with van der Waals surface area (Å²) in [5.74, 6) is 1.49. The number of rotatable bonds is 11. The van der Waals surface area contributed by atoms with Crippen molar-refractivity contribution < 1.29 is 19.0 Å². The largest absolute Gasteiger partial charge is 0.491 e. The number of hydrogen-bond acceptors (Lipinski definition) is 8. The number of benzene rings is 2. The first-order valence-electron chi connectivity index (χ1n) is 11.1. The van der Waals surface area contributed by atoms with Crippen molar-refractivity contribution in [2.75, 3.05) is 36.5 Å². The highest BCUT2D eigenvalue weighted by Gasteiger charge is 2.15. The number of carbonyl (C=O) groups excluding carboxylic acids is 1. The van der Waals surface area contributed by atoms with E-state index in [-0.39, 0.29) is 12.0 Å². The zero-order valence-corrected chi connectivity index (χ0v) is 19.4. The van der Waals surface area contributed by atoms with E-state index in [9.17, 15) is 4.79 Å². The van der Waals surface area contributed by atoms with Crippen LogP contribution in [0, 0.1) is 0 Å². The molecule has 10 nitrogen and oxygen atoms in total. The number of hydrogen-bond donors (Lipinski definition) is 5. The van der Waals surface area contributed by atoms with Gasteiger partial charge < -0.3 is 36.4 Å². The number of nitrogens with zero attached hydrogens (tertiary/aromatic N) is 1. The standard InChI is InChI=1S/C24H32N6O4/c1-15(2)16-11-19(32-9-10-33-22(7-8-25)21-14-28-23(27)30-21)13-20(12-16)34-24(31)29-18-5-3-17(26)4-6-18/h3-6,11-15,22H,7-10,25-26H2,1-2H3,(H,29,31)(H3,27,28,30). The third-order valence-electron chi connectivity index (χ3n) is 4.98. The van der Waals surface area contributed by atoms with Crippen molar-refractivity contribution in [1.29, 1.82) is 0 Å². The minimum absolute atomic E-state index is 0.210. The third-order valence-corrected chi connectivity index (χ3v) is 4.98. The SMILES string of the molecule is CC(C)c1cc(OCCOC(CCN)c2c[nH]c(N)n2)cc(OC(=O)Nc2ccc(N)cc2)c1. The second kappa shape index (κ2) is 11.9. The Bertz CT molecular complexity index is 1070. The highest BCUT2D eigenvalue weighted by Crippen LogP contribution is 2.28. The molecule has 3 aromatic rings. The van der Waals surface area contributed by atoms with Crippen molar-refractivity contribution >= 4 is 23.4 Å². The molecule has 0 bridgehead atoms. The number of ether oxygens (including phenoxy) is 3. The summed E-state index contributed by atoms with van der Waals surface area (Å²) in [6.45, 7) is 5.16. The van der Waals surface area contributed by atoms with Crippen LogP contribution in [0.3, 0.4) is 0 Å². The molecule has 0 fully saturated rings. The van der Waals surface area contributed by atoms with E-state index >= 15 is 0 Å². The lowest BCUT2D eigenvalue weighted by Gasteiger charge is -2.16. The summed E-state index contributed by atoms with van der Waals surface area (Å²) >= 11 is 0. The van der Waals surface area contributed by atoms with E-state index in [1.807, 2.05) is 26.0 Å². The number of imidazole rings is 1. The zero-order valence-electron chi connectivity index (χ0n) is 19.4. The fourth-order valence-corrected chi connectivity index (χ4v) is 3.22. The predicted molar refractivity (Wildman–Crippen MR) is 132 cm³/mol. The van der Waals surface area contributed by atoms with Crippen molar-refractivity contribution in [3.8, 4) is 11.5 Å². The van der Waals surface area contributed by atoms with Crippen LogP contribution in [-0.2, 0) is 4.74 Å². The van der Waals surface area contributed by atoms with Gasteiger partial charge in [-0.1, -0.05) is 13.8 Å². The Kier molecular flexibility index (Phi) is 8.72. The Hall–Kier alpha value is -3.76. The van der Waals surface area contributed by atoms with Gasteiger partial charge in [0.1, 0.15) is 24.2 Å². The summed E-state index contributed by atoms with van der Waals surface area (Å²) < 4.78 is 17.3. The second-order valence-electron chi connectivity index (χ2n) is 8.02. The van der Waals surface area contributed by atoms with Crippen molar-refractivity contribution in [3.05, 3.63) is 59.9 Å². The van der Waals surface area contributed by atoms with Crippen LogP contribution >= 0.6 is 0 Å². The van der Waals surface area contributed by atoms with Crippen molar-refractivity contribution in [2.45, 2.75) is 32.3 Å². The minimum Gasteiger partial charge on any atom is -0.491 e. The molecule has 0 aliphatic heterocycles. The van der Waals surface area contributed by atoms with Gasteiger partial charge in [-0.3, -0.25) is 5.32 Å². The topological polar surface area (TPSA) is 164 Å². The van der Waals surface area contributed by atoms with E-state index < -0.39 is 6.09 Å². The van der Waals surface area contributed by atoms with Gasteiger partial charge in [0.05, 0.1) is 12.3 Å². The Morgan fingerprint density at radius 2 is 1.82 bits per heavy atom. The maximum absolute atomic E-state index is 12.3. The van der Waals surface area contributed by atoms with Gasteiger partial charge in [0.25, 0.3) is 0 Å². The van der Waals surface area contributed by atoms with E-state index in [4.69, 9.17) is 31.4 Å². The average Bonchev–Trinajstić information content (AvgIpc) is 3.23. The molecule has 3 rings (SSSR count). The Balaban J connectivity index is 1.59. The first-order chi connectivity index (χ1) is 16.3. The number of amides is 1. The molecule has 0 aliphatic carbocycles. The van der Waals surface area contributed by atoms with Crippen LogP contribution in [0.4, 0.5) is 22.1 Å². The lowest BCUT2D eigenvalue weighted by Crippen LogP contribution is -2.17. The van der Waals surface area contributed by atoms with Gasteiger partial charge >= 0.3 is 6.09 Å². The van der Waals surface area contributed by atoms with E-state index in [1.165, 1.54) is 0 Å². The highest BCUT2D eigenvalue weighted by atomic mass is 16.6. The van der Waals surface area contributed by atoms with Crippen LogP contribution in [-0.4, -0.2) is 35.8 Å². The third kappa shape index (κ3) is 7.39. The number of aromatic nitrogens is 2. The van der Waals surface area contributed by atoms with Crippen LogP contribution in [0.1, 0.15) is 43.5 Å². The Morgan fingerprint density at radius 1 is 1.09 bits per heavy atom. The summed E-state index contributed by atoms with van der Waals surface area (Å²) in [4.78, 5) is 19.4. The van der Waals surface area contributed by atoms with Crippen LogP contribution in [0.2, 0.25) is 0 Å². The zero-order chi connectivity index (χ0) is 24.5. The van der Waals surface area contributed by atoms with Gasteiger partial charge in [0.15, 0.2) is 5.95 Å². The molecular weight excluding hydrogens is 436 g/mol. The molecule has 1 amide bonds. The number of nitrogens with one attached hydrogen (secondary N) is 2. The second-order valence-corrected chi connectivity index (χ2v) is 8.02. The normalized spacial score (nSPS) is 11.9. The summed E-state index contributed by atoms with van der Waals surface area (Å²) in [6.07, 6.45) is 1.43. The van der Waals surface area contributed by atoms with E-state index in [0.29, 0.717) is 60.7 Å². The van der Waals surface area contributed by atoms with Crippen LogP contribution in [0.25, 0.3) is 0 Å². The molecule has 34 heavy (non-hydrogen) atoms. The van der Waals surface area contributed by atoms with Gasteiger partial charge in [-0.05, 0) is 60.8 Å². The monoisotopic (exact) mass is 468 g/mol. The number of carbonyl (C=O) groups is 1. The molecule has 1 heterocycles. The van der Waals surface area contributed by atoms with Crippen molar-refractivity contribution in [1.82, 2.24) is 9.97 Å². The lowest BCUT2D eigenvalue weighted by atomic mass is 10.0. The molecule has 10 heteroatoms. The smallest absolute Gasteiger partial charge is 0.417 e. The molecule has 0 radical (unpaired) electrons. The highest BCUT2D eigenvalue weighted by molar-refractivity contribution is 5.86. The van der Waals surface area contributed by atoms with Gasteiger partial charge in [-0.25, -0.2) is 9.78 Å².